The Morgan fingerprint density at radius 3 is 2.90 bits per heavy atom. The van der Waals surface area contributed by atoms with Crippen LogP contribution in [-0.2, 0) is 12.4 Å². The molecule has 2 amide bonds. The molecule has 1 aromatic heterocycles. The molecule has 7 heteroatoms. The molecule has 5 nitrogen and oxygen atoms in total. The van der Waals surface area contributed by atoms with Gasteiger partial charge < -0.3 is 14.8 Å². The molecular weight excluding hydrogens is 283 g/mol. The molecule has 0 atom stereocenters. The monoisotopic (exact) mass is 298 g/mol. The van der Waals surface area contributed by atoms with E-state index in [0.29, 0.717) is 29.9 Å². The molecule has 0 aliphatic heterocycles. The second kappa shape index (κ2) is 6.09. The van der Waals surface area contributed by atoms with Crippen molar-refractivity contribution >= 4 is 28.7 Å². The number of nitrogens with one attached hydrogen (secondary N) is 1. The SMILES string of the molecule is CN(C)C(=O)NCCn1c(CCl)nc2ccc(F)cc21. The van der Waals surface area contributed by atoms with Crippen LogP contribution in [0, 0.1) is 5.82 Å². The summed E-state index contributed by atoms with van der Waals surface area (Å²) in [5.41, 5.74) is 1.38. The molecule has 2 rings (SSSR count). The number of fused-ring (bicyclic) bond motifs is 1. The fraction of sp³-hybridized carbons (Fsp3) is 0.385. The number of rotatable bonds is 4. The molecular formula is C13H16ClFN4O. The van der Waals surface area contributed by atoms with Crippen molar-refractivity contribution in [2.75, 3.05) is 20.6 Å². The normalized spacial score (nSPS) is 10.8. The number of carbonyl (C=O) groups is 1. The number of nitrogens with zero attached hydrogens (tertiary/aromatic N) is 3. The Morgan fingerprint density at radius 1 is 1.50 bits per heavy atom. The zero-order chi connectivity index (χ0) is 14.7. The van der Waals surface area contributed by atoms with Crippen LogP contribution in [0.25, 0.3) is 11.0 Å². The standard InChI is InChI=1S/C13H16ClFN4O/c1-18(2)13(20)16-5-6-19-11-7-9(15)3-4-10(11)17-12(19)8-14/h3-4,7H,5-6,8H2,1-2H3,(H,16,20). The maximum Gasteiger partial charge on any atom is 0.316 e. The summed E-state index contributed by atoms with van der Waals surface area (Å²) in [6.07, 6.45) is 0. The van der Waals surface area contributed by atoms with Crippen molar-refractivity contribution in [1.29, 1.82) is 0 Å². The van der Waals surface area contributed by atoms with E-state index in [0.717, 1.165) is 0 Å². The smallest absolute Gasteiger partial charge is 0.316 e. The number of hydrogen-bond acceptors (Lipinski definition) is 2. The lowest BCUT2D eigenvalue weighted by atomic mass is 10.3. The van der Waals surface area contributed by atoms with Crippen LogP contribution in [0.3, 0.4) is 0 Å². The fourth-order valence-corrected chi connectivity index (χ4v) is 2.13. The van der Waals surface area contributed by atoms with Crippen LogP contribution in [0.1, 0.15) is 5.82 Å². The van der Waals surface area contributed by atoms with Crippen molar-refractivity contribution in [2.24, 2.45) is 0 Å². The van der Waals surface area contributed by atoms with E-state index in [2.05, 4.69) is 10.3 Å². The van der Waals surface area contributed by atoms with Gasteiger partial charge in [0.2, 0.25) is 0 Å². The van der Waals surface area contributed by atoms with Crippen LogP contribution in [0.4, 0.5) is 9.18 Å². The average molecular weight is 299 g/mol. The first-order chi connectivity index (χ1) is 9.52. The number of halogens is 2. The fourth-order valence-electron chi connectivity index (χ4n) is 1.93. The molecule has 0 bridgehead atoms. The first-order valence-corrected chi connectivity index (χ1v) is 6.72. The molecule has 1 heterocycles. The van der Waals surface area contributed by atoms with E-state index < -0.39 is 0 Å². The summed E-state index contributed by atoms with van der Waals surface area (Å²) in [7, 11) is 3.34. The summed E-state index contributed by atoms with van der Waals surface area (Å²) in [6, 6.07) is 4.24. The molecule has 0 fully saturated rings. The summed E-state index contributed by atoms with van der Waals surface area (Å²) in [6.45, 7) is 0.907. The van der Waals surface area contributed by atoms with E-state index in [4.69, 9.17) is 11.6 Å². The highest BCUT2D eigenvalue weighted by atomic mass is 35.5. The number of aromatic nitrogens is 2. The summed E-state index contributed by atoms with van der Waals surface area (Å²) in [4.78, 5) is 17.2. The Kier molecular flexibility index (Phi) is 4.44. The molecule has 0 aliphatic rings. The highest BCUT2D eigenvalue weighted by Gasteiger charge is 2.11. The Balaban J connectivity index is 2.19. The molecule has 2 aromatic rings. The van der Waals surface area contributed by atoms with Crippen molar-refractivity contribution in [1.82, 2.24) is 19.8 Å². The second-order valence-electron chi connectivity index (χ2n) is 4.57. The first kappa shape index (κ1) is 14.6. The maximum atomic E-state index is 13.3. The van der Waals surface area contributed by atoms with Crippen LogP contribution >= 0.6 is 11.6 Å². The van der Waals surface area contributed by atoms with Crippen molar-refractivity contribution in [3.8, 4) is 0 Å². The largest absolute Gasteiger partial charge is 0.336 e. The van der Waals surface area contributed by atoms with Crippen LogP contribution in [0.5, 0.6) is 0 Å². The lowest BCUT2D eigenvalue weighted by molar-refractivity contribution is 0.217. The Bertz CT molecular complexity index is 626. The second-order valence-corrected chi connectivity index (χ2v) is 4.84. The predicted octanol–water partition coefficient (Wildman–Crippen LogP) is 2.19. The van der Waals surface area contributed by atoms with Crippen LogP contribution < -0.4 is 5.32 Å². The number of urea groups is 1. The lowest BCUT2D eigenvalue weighted by Crippen LogP contribution is -2.36. The Hall–Kier alpha value is -1.82. The van der Waals surface area contributed by atoms with Crippen LogP contribution in [0.2, 0.25) is 0 Å². The molecule has 0 spiro atoms. The lowest BCUT2D eigenvalue weighted by Gasteiger charge is -2.13. The zero-order valence-electron chi connectivity index (χ0n) is 11.4. The number of alkyl halides is 1. The number of hydrogen-bond donors (Lipinski definition) is 1. The van der Waals surface area contributed by atoms with Gasteiger partial charge in [-0.15, -0.1) is 11.6 Å². The number of imidazole rings is 1. The molecule has 20 heavy (non-hydrogen) atoms. The van der Waals surface area contributed by atoms with Gasteiger partial charge in [-0.2, -0.15) is 0 Å². The molecule has 0 unspecified atom stereocenters. The average Bonchev–Trinajstić information content (AvgIpc) is 2.76. The molecule has 0 saturated heterocycles. The number of amides is 2. The van der Waals surface area contributed by atoms with Gasteiger partial charge in [0.05, 0.1) is 16.9 Å². The topological polar surface area (TPSA) is 50.2 Å². The Labute approximate surface area is 121 Å². The van der Waals surface area contributed by atoms with Gasteiger partial charge in [-0.25, -0.2) is 14.2 Å². The summed E-state index contributed by atoms with van der Waals surface area (Å²) in [5, 5.41) is 2.75. The molecule has 0 radical (unpaired) electrons. The number of benzene rings is 1. The third kappa shape index (κ3) is 3.01. The zero-order valence-corrected chi connectivity index (χ0v) is 12.1. The summed E-state index contributed by atoms with van der Waals surface area (Å²) >= 11 is 5.86. The summed E-state index contributed by atoms with van der Waals surface area (Å²) < 4.78 is 15.2. The molecule has 1 N–H and O–H groups in total. The van der Waals surface area contributed by atoms with Crippen LogP contribution in [0.15, 0.2) is 18.2 Å². The molecule has 1 aromatic carbocycles. The van der Waals surface area contributed by atoms with E-state index in [1.54, 1.807) is 20.2 Å². The third-order valence-electron chi connectivity index (χ3n) is 2.93. The van der Waals surface area contributed by atoms with Crippen molar-refractivity contribution < 1.29 is 9.18 Å². The quantitative estimate of drug-likeness (QED) is 0.880. The highest BCUT2D eigenvalue weighted by Crippen LogP contribution is 2.18. The van der Waals surface area contributed by atoms with E-state index >= 15 is 0 Å². The molecule has 0 saturated carbocycles. The van der Waals surface area contributed by atoms with Gasteiger partial charge in [0.1, 0.15) is 11.6 Å². The highest BCUT2D eigenvalue weighted by molar-refractivity contribution is 6.16. The molecule has 0 aliphatic carbocycles. The van der Waals surface area contributed by atoms with Gasteiger partial charge >= 0.3 is 6.03 Å². The van der Waals surface area contributed by atoms with E-state index in [-0.39, 0.29) is 17.7 Å². The summed E-state index contributed by atoms with van der Waals surface area (Å²) in [5.74, 6) is 0.571. The van der Waals surface area contributed by atoms with E-state index in [9.17, 15) is 9.18 Å². The maximum absolute atomic E-state index is 13.3. The van der Waals surface area contributed by atoms with Crippen molar-refractivity contribution in [3.63, 3.8) is 0 Å². The van der Waals surface area contributed by atoms with Gasteiger partial charge in [0.25, 0.3) is 0 Å². The van der Waals surface area contributed by atoms with Crippen molar-refractivity contribution in [3.05, 3.63) is 29.8 Å². The van der Waals surface area contributed by atoms with Crippen molar-refractivity contribution in [2.45, 2.75) is 12.4 Å². The van der Waals surface area contributed by atoms with Gasteiger partial charge in [-0.1, -0.05) is 0 Å². The number of carbonyl (C=O) groups excluding carboxylic acids is 1. The minimum absolute atomic E-state index is 0.173. The first-order valence-electron chi connectivity index (χ1n) is 6.18. The minimum atomic E-state index is -0.322. The predicted molar refractivity (Wildman–Crippen MR) is 76.3 cm³/mol. The van der Waals surface area contributed by atoms with E-state index in [1.165, 1.54) is 17.0 Å². The van der Waals surface area contributed by atoms with Crippen LogP contribution in [-0.4, -0.2) is 41.1 Å². The van der Waals surface area contributed by atoms with Gasteiger partial charge in [0.15, 0.2) is 0 Å². The third-order valence-corrected chi connectivity index (χ3v) is 3.17. The minimum Gasteiger partial charge on any atom is -0.336 e. The van der Waals surface area contributed by atoms with E-state index in [1.807, 2.05) is 4.57 Å². The molecule has 108 valence electrons. The van der Waals surface area contributed by atoms with Gasteiger partial charge in [-0.05, 0) is 18.2 Å². The Morgan fingerprint density at radius 2 is 2.25 bits per heavy atom. The van der Waals surface area contributed by atoms with Gasteiger partial charge in [-0.3, -0.25) is 0 Å². The van der Waals surface area contributed by atoms with Gasteiger partial charge in [0, 0.05) is 27.2 Å².